The molecule has 1 fully saturated rings. The predicted molar refractivity (Wildman–Crippen MR) is 91.2 cm³/mol. The molecule has 3 rings (SSSR count). The van der Waals surface area contributed by atoms with Gasteiger partial charge in [0, 0.05) is 30.6 Å². The lowest BCUT2D eigenvalue weighted by Crippen LogP contribution is -2.32. The highest BCUT2D eigenvalue weighted by Crippen LogP contribution is 2.24. The summed E-state index contributed by atoms with van der Waals surface area (Å²) in [6.45, 7) is 7.68. The van der Waals surface area contributed by atoms with E-state index in [2.05, 4.69) is 28.9 Å². The van der Waals surface area contributed by atoms with Gasteiger partial charge in [-0.2, -0.15) is 0 Å². The zero-order valence-electron chi connectivity index (χ0n) is 13.3. The number of aliphatic hydroxyl groups is 1. The van der Waals surface area contributed by atoms with Crippen molar-refractivity contribution < 1.29 is 5.11 Å². The van der Waals surface area contributed by atoms with Crippen LogP contribution in [0.15, 0.2) is 30.3 Å². The normalized spacial score (nSPS) is 16.9. The molecule has 0 radical (unpaired) electrons. The largest absolute Gasteiger partial charge is 0.392 e. The van der Waals surface area contributed by atoms with Crippen molar-refractivity contribution in [2.24, 2.45) is 0 Å². The number of hydrogen-bond acceptors (Lipinski definition) is 4. The van der Waals surface area contributed by atoms with Gasteiger partial charge in [-0.15, -0.1) is 0 Å². The van der Waals surface area contributed by atoms with Crippen LogP contribution in [0.1, 0.15) is 25.3 Å². The summed E-state index contributed by atoms with van der Waals surface area (Å²) in [6, 6.07) is 10.2. The molecule has 1 N–H and O–H groups in total. The van der Waals surface area contributed by atoms with Crippen LogP contribution in [-0.4, -0.2) is 47.7 Å². The quantitative estimate of drug-likeness (QED) is 0.942. The van der Waals surface area contributed by atoms with Crippen LogP contribution in [0.4, 0.5) is 5.82 Å². The molecule has 4 heteroatoms. The van der Waals surface area contributed by atoms with Gasteiger partial charge in [0.15, 0.2) is 0 Å². The van der Waals surface area contributed by atoms with Crippen LogP contribution >= 0.6 is 0 Å². The van der Waals surface area contributed by atoms with Crippen molar-refractivity contribution in [1.82, 2.24) is 9.88 Å². The van der Waals surface area contributed by atoms with Crippen molar-refractivity contribution in [1.29, 1.82) is 0 Å². The van der Waals surface area contributed by atoms with Gasteiger partial charge in [-0.1, -0.05) is 25.1 Å². The number of anilines is 1. The number of pyridine rings is 1. The number of para-hydroxylation sites is 1. The van der Waals surface area contributed by atoms with Crippen LogP contribution in [-0.2, 0) is 6.61 Å². The van der Waals surface area contributed by atoms with Gasteiger partial charge >= 0.3 is 0 Å². The first-order valence-electron chi connectivity index (χ1n) is 8.28. The van der Waals surface area contributed by atoms with Crippen molar-refractivity contribution in [2.75, 3.05) is 37.6 Å². The van der Waals surface area contributed by atoms with Crippen LogP contribution < -0.4 is 4.90 Å². The Balaban J connectivity index is 1.88. The van der Waals surface area contributed by atoms with E-state index in [0.717, 1.165) is 54.9 Å². The molecule has 2 heterocycles. The Bertz CT molecular complexity index is 629. The van der Waals surface area contributed by atoms with E-state index in [1.165, 1.54) is 13.0 Å². The highest BCUT2D eigenvalue weighted by molar-refractivity contribution is 5.81. The first-order chi connectivity index (χ1) is 10.8. The average Bonchev–Trinajstić information content (AvgIpc) is 2.79. The van der Waals surface area contributed by atoms with E-state index >= 15 is 0 Å². The minimum absolute atomic E-state index is 0.0440. The molecule has 1 aromatic heterocycles. The molecule has 4 nitrogen and oxygen atoms in total. The predicted octanol–water partition coefficient (Wildman–Crippen LogP) is 2.65. The number of nitrogens with zero attached hydrogens (tertiary/aromatic N) is 3. The molecule has 0 unspecified atom stereocenters. The Morgan fingerprint density at radius 3 is 2.82 bits per heavy atom. The summed E-state index contributed by atoms with van der Waals surface area (Å²) < 4.78 is 0. The fourth-order valence-corrected chi connectivity index (χ4v) is 3.26. The molecular formula is C18H25N3O. The van der Waals surface area contributed by atoms with Gasteiger partial charge in [-0.25, -0.2) is 4.98 Å². The third-order valence-corrected chi connectivity index (χ3v) is 4.38. The second kappa shape index (κ2) is 7.07. The SMILES string of the molecule is CCCN1CCCN(c2nc3ccccc3cc2CO)CC1. The standard InChI is InChI=1S/C18H25N3O/c1-2-8-20-9-5-10-21(12-11-20)18-16(14-22)13-15-6-3-4-7-17(15)19-18/h3-4,6-7,13,22H,2,5,8-12,14H2,1H3. The fraction of sp³-hybridized carbons (Fsp3) is 0.500. The Hall–Kier alpha value is -1.65. The highest BCUT2D eigenvalue weighted by atomic mass is 16.3. The van der Waals surface area contributed by atoms with Crippen LogP contribution in [0.25, 0.3) is 10.9 Å². The minimum atomic E-state index is 0.0440. The van der Waals surface area contributed by atoms with Gasteiger partial charge in [-0.05, 0) is 38.1 Å². The molecule has 1 aromatic carbocycles. The number of fused-ring (bicyclic) bond motifs is 1. The molecule has 118 valence electrons. The zero-order chi connectivity index (χ0) is 15.4. The molecule has 0 amide bonds. The molecule has 22 heavy (non-hydrogen) atoms. The van der Waals surface area contributed by atoms with E-state index in [0.29, 0.717) is 0 Å². The third-order valence-electron chi connectivity index (χ3n) is 4.38. The molecular weight excluding hydrogens is 274 g/mol. The average molecular weight is 299 g/mol. The maximum Gasteiger partial charge on any atom is 0.134 e. The smallest absolute Gasteiger partial charge is 0.134 e. The van der Waals surface area contributed by atoms with Crippen molar-refractivity contribution in [3.05, 3.63) is 35.9 Å². The van der Waals surface area contributed by atoms with E-state index in [-0.39, 0.29) is 6.61 Å². The molecule has 0 aliphatic carbocycles. The van der Waals surface area contributed by atoms with Gasteiger partial charge in [0.2, 0.25) is 0 Å². The zero-order valence-corrected chi connectivity index (χ0v) is 13.3. The van der Waals surface area contributed by atoms with Crippen molar-refractivity contribution in [3.8, 4) is 0 Å². The molecule has 1 saturated heterocycles. The molecule has 0 bridgehead atoms. The molecule has 2 aromatic rings. The summed E-state index contributed by atoms with van der Waals surface area (Å²) in [5.74, 6) is 0.958. The second-order valence-corrected chi connectivity index (χ2v) is 6.00. The summed E-state index contributed by atoms with van der Waals surface area (Å²) >= 11 is 0. The summed E-state index contributed by atoms with van der Waals surface area (Å²) in [5.41, 5.74) is 1.94. The number of rotatable bonds is 4. The molecule has 1 aliphatic heterocycles. The number of aliphatic hydroxyl groups excluding tert-OH is 1. The summed E-state index contributed by atoms with van der Waals surface area (Å²) in [6.07, 6.45) is 2.36. The van der Waals surface area contributed by atoms with Gasteiger partial charge in [0.1, 0.15) is 5.82 Å². The lowest BCUT2D eigenvalue weighted by molar-refractivity contribution is 0.281. The fourth-order valence-electron chi connectivity index (χ4n) is 3.26. The van der Waals surface area contributed by atoms with Crippen molar-refractivity contribution >= 4 is 16.7 Å². The van der Waals surface area contributed by atoms with Crippen molar-refractivity contribution in [3.63, 3.8) is 0 Å². The highest BCUT2D eigenvalue weighted by Gasteiger charge is 2.18. The number of hydrogen-bond donors (Lipinski definition) is 1. The van der Waals surface area contributed by atoms with Crippen molar-refractivity contribution in [2.45, 2.75) is 26.4 Å². The maximum absolute atomic E-state index is 9.74. The Morgan fingerprint density at radius 1 is 1.14 bits per heavy atom. The lowest BCUT2D eigenvalue weighted by Gasteiger charge is -2.24. The number of benzene rings is 1. The first-order valence-corrected chi connectivity index (χ1v) is 8.28. The van der Waals surface area contributed by atoms with E-state index < -0.39 is 0 Å². The monoisotopic (exact) mass is 299 g/mol. The van der Waals surface area contributed by atoms with E-state index in [4.69, 9.17) is 4.98 Å². The Morgan fingerprint density at radius 2 is 2.00 bits per heavy atom. The van der Waals surface area contributed by atoms with E-state index in [1.807, 2.05) is 18.2 Å². The van der Waals surface area contributed by atoms with Crippen LogP contribution in [0.2, 0.25) is 0 Å². The van der Waals surface area contributed by atoms with E-state index in [1.54, 1.807) is 0 Å². The summed E-state index contributed by atoms with van der Waals surface area (Å²) in [4.78, 5) is 9.70. The molecule has 0 spiro atoms. The van der Waals surface area contributed by atoms with Gasteiger partial charge < -0.3 is 14.9 Å². The molecule has 0 atom stereocenters. The Kier molecular flexibility index (Phi) is 4.90. The second-order valence-electron chi connectivity index (χ2n) is 6.00. The van der Waals surface area contributed by atoms with Gasteiger partial charge in [0.05, 0.1) is 12.1 Å². The first kappa shape index (κ1) is 15.3. The topological polar surface area (TPSA) is 39.6 Å². The maximum atomic E-state index is 9.74. The van der Waals surface area contributed by atoms with Crippen LogP contribution in [0.3, 0.4) is 0 Å². The summed E-state index contributed by atoms with van der Waals surface area (Å²) in [7, 11) is 0. The summed E-state index contributed by atoms with van der Waals surface area (Å²) in [5, 5.41) is 10.8. The Labute approximate surface area is 132 Å². The van der Waals surface area contributed by atoms with Gasteiger partial charge in [0.25, 0.3) is 0 Å². The lowest BCUT2D eigenvalue weighted by atomic mass is 10.1. The molecule has 1 aliphatic rings. The van der Waals surface area contributed by atoms with E-state index in [9.17, 15) is 5.11 Å². The third kappa shape index (κ3) is 3.23. The van der Waals surface area contributed by atoms with Crippen LogP contribution in [0.5, 0.6) is 0 Å². The minimum Gasteiger partial charge on any atom is -0.392 e. The molecule has 0 saturated carbocycles. The van der Waals surface area contributed by atoms with Gasteiger partial charge in [-0.3, -0.25) is 0 Å². The number of aromatic nitrogens is 1. The van der Waals surface area contributed by atoms with Crippen LogP contribution in [0, 0.1) is 0 Å².